The molecule has 1 saturated carbocycles. The molecule has 13 heavy (non-hydrogen) atoms. The summed E-state index contributed by atoms with van der Waals surface area (Å²) in [5.74, 6) is 2.09. The maximum Gasteiger partial charge on any atom is 0.00645 e. The topological polar surface area (TPSA) is 3.24 Å². The lowest BCUT2D eigenvalue weighted by molar-refractivity contribution is 0.0574. The number of hydrogen-bond donors (Lipinski definition) is 0. The fourth-order valence-corrected chi connectivity index (χ4v) is 3.09. The molecule has 0 aromatic rings. The molecule has 0 N–H and O–H groups in total. The van der Waals surface area contributed by atoms with Gasteiger partial charge in [0, 0.05) is 19.1 Å². The molecule has 2 aliphatic rings. The van der Waals surface area contributed by atoms with Gasteiger partial charge in [-0.05, 0) is 44.4 Å². The fraction of sp³-hybridized carbons (Fsp3) is 1.00. The lowest BCUT2D eigenvalue weighted by Crippen LogP contribution is -2.46. The van der Waals surface area contributed by atoms with Crippen molar-refractivity contribution in [2.24, 2.45) is 11.8 Å². The molecule has 1 heterocycles. The zero-order valence-electron chi connectivity index (χ0n) is 9.13. The molecule has 0 spiro atoms. The molecule has 76 valence electrons. The Morgan fingerprint density at radius 2 is 1.85 bits per heavy atom. The van der Waals surface area contributed by atoms with Crippen LogP contribution in [0, 0.1) is 11.8 Å². The van der Waals surface area contributed by atoms with Crippen LogP contribution < -0.4 is 0 Å². The first kappa shape index (κ1) is 9.51. The van der Waals surface area contributed by atoms with E-state index in [4.69, 9.17) is 0 Å². The van der Waals surface area contributed by atoms with E-state index in [2.05, 4.69) is 18.7 Å². The van der Waals surface area contributed by atoms with Crippen LogP contribution in [0.4, 0.5) is 0 Å². The summed E-state index contributed by atoms with van der Waals surface area (Å²) >= 11 is 0. The monoisotopic (exact) mass is 181 g/mol. The van der Waals surface area contributed by atoms with E-state index in [0.717, 1.165) is 17.9 Å². The first-order valence-electron chi connectivity index (χ1n) is 6.03. The molecule has 1 nitrogen and oxygen atoms in total. The van der Waals surface area contributed by atoms with E-state index in [-0.39, 0.29) is 0 Å². The van der Waals surface area contributed by atoms with Crippen LogP contribution in [-0.2, 0) is 0 Å². The molecular weight excluding hydrogens is 158 g/mol. The predicted molar refractivity (Wildman–Crippen MR) is 56.8 cm³/mol. The number of likely N-dealkylation sites (tertiary alicyclic amines) is 1. The maximum atomic E-state index is 2.73. The van der Waals surface area contributed by atoms with Gasteiger partial charge in [-0.3, -0.25) is 0 Å². The summed E-state index contributed by atoms with van der Waals surface area (Å²) in [5, 5.41) is 0. The normalized spacial score (nSPS) is 37.4. The highest BCUT2D eigenvalue weighted by Crippen LogP contribution is 2.35. The zero-order valence-corrected chi connectivity index (χ0v) is 9.13. The van der Waals surface area contributed by atoms with Gasteiger partial charge in [0.15, 0.2) is 0 Å². The third kappa shape index (κ3) is 2.07. The second kappa shape index (κ2) is 4.00. The Balaban J connectivity index is 1.93. The molecule has 1 aliphatic heterocycles. The molecule has 3 unspecified atom stereocenters. The van der Waals surface area contributed by atoms with Crippen molar-refractivity contribution in [3.8, 4) is 0 Å². The third-order valence-corrected chi connectivity index (χ3v) is 4.09. The summed E-state index contributed by atoms with van der Waals surface area (Å²) in [4.78, 5) is 2.73. The minimum absolute atomic E-state index is 0.823. The van der Waals surface area contributed by atoms with Crippen LogP contribution in [0.1, 0.15) is 46.0 Å². The molecule has 2 bridgehead atoms. The van der Waals surface area contributed by atoms with Crippen LogP contribution in [0.15, 0.2) is 0 Å². The highest BCUT2D eigenvalue weighted by molar-refractivity contribution is 4.85. The van der Waals surface area contributed by atoms with E-state index in [9.17, 15) is 0 Å². The molecule has 1 heteroatoms. The molecule has 0 aromatic heterocycles. The van der Waals surface area contributed by atoms with E-state index in [1.807, 2.05) is 0 Å². The van der Waals surface area contributed by atoms with Gasteiger partial charge in [0.25, 0.3) is 0 Å². The Bertz CT molecular complexity index is 155. The maximum absolute atomic E-state index is 2.73. The fourth-order valence-electron chi connectivity index (χ4n) is 3.09. The van der Waals surface area contributed by atoms with E-state index in [1.54, 1.807) is 0 Å². The summed E-state index contributed by atoms with van der Waals surface area (Å²) in [6.07, 6.45) is 7.36. The van der Waals surface area contributed by atoms with Crippen molar-refractivity contribution in [3.63, 3.8) is 0 Å². The molecule has 2 rings (SSSR count). The summed E-state index contributed by atoms with van der Waals surface area (Å²) < 4.78 is 0. The Morgan fingerprint density at radius 1 is 1.23 bits per heavy atom. The Labute approximate surface area is 82.5 Å². The molecule has 0 radical (unpaired) electrons. The number of rotatable bonds is 2. The largest absolute Gasteiger partial charge is 0.300 e. The van der Waals surface area contributed by atoms with Crippen LogP contribution in [0.2, 0.25) is 0 Å². The molecule has 1 saturated heterocycles. The molecule has 0 amide bonds. The van der Waals surface area contributed by atoms with Gasteiger partial charge >= 0.3 is 0 Å². The van der Waals surface area contributed by atoms with Crippen LogP contribution in [0.3, 0.4) is 0 Å². The smallest absolute Gasteiger partial charge is 0.00645 e. The Morgan fingerprint density at radius 3 is 2.38 bits per heavy atom. The van der Waals surface area contributed by atoms with Gasteiger partial charge in [0.2, 0.25) is 0 Å². The van der Waals surface area contributed by atoms with Crippen molar-refractivity contribution in [1.82, 2.24) is 4.90 Å². The predicted octanol–water partition coefficient (Wildman–Crippen LogP) is 2.91. The highest BCUT2D eigenvalue weighted by Gasteiger charge is 2.31. The average Bonchev–Trinajstić information content (AvgIpc) is 2.16. The van der Waals surface area contributed by atoms with Gasteiger partial charge in [-0.2, -0.15) is 0 Å². The summed E-state index contributed by atoms with van der Waals surface area (Å²) in [5.41, 5.74) is 0. The van der Waals surface area contributed by atoms with E-state index in [1.165, 1.54) is 45.2 Å². The minimum atomic E-state index is 0.823. The molecule has 1 aliphatic carbocycles. The third-order valence-electron chi connectivity index (χ3n) is 4.09. The van der Waals surface area contributed by atoms with E-state index >= 15 is 0 Å². The molecular formula is C12H23N. The zero-order chi connectivity index (χ0) is 9.26. The number of hydrogen-bond acceptors (Lipinski definition) is 1. The number of piperidine rings is 1. The first-order valence-corrected chi connectivity index (χ1v) is 6.03. The van der Waals surface area contributed by atoms with Gasteiger partial charge in [-0.1, -0.05) is 13.3 Å². The van der Waals surface area contributed by atoms with Crippen LogP contribution in [0.25, 0.3) is 0 Å². The van der Waals surface area contributed by atoms with Gasteiger partial charge in [-0.25, -0.2) is 0 Å². The lowest BCUT2D eigenvalue weighted by Gasteiger charge is -2.43. The van der Waals surface area contributed by atoms with Crippen LogP contribution in [-0.4, -0.2) is 24.0 Å². The number of fused-ring (bicyclic) bond motifs is 2. The molecule has 3 atom stereocenters. The van der Waals surface area contributed by atoms with Gasteiger partial charge in [-0.15, -0.1) is 0 Å². The van der Waals surface area contributed by atoms with Gasteiger partial charge < -0.3 is 4.90 Å². The van der Waals surface area contributed by atoms with Crippen molar-refractivity contribution in [1.29, 1.82) is 0 Å². The second-order valence-corrected chi connectivity index (χ2v) is 5.11. The van der Waals surface area contributed by atoms with Crippen molar-refractivity contribution >= 4 is 0 Å². The molecule has 2 fully saturated rings. The van der Waals surface area contributed by atoms with Crippen LogP contribution >= 0.6 is 0 Å². The number of nitrogens with zero attached hydrogens (tertiary/aromatic N) is 1. The standard InChI is InChI=1S/C12H23N/c1-3-10(2)13-8-11-5-4-6-12(7-11)9-13/h10-12H,3-9H2,1-2H3. The average molecular weight is 181 g/mol. The quantitative estimate of drug-likeness (QED) is 0.633. The van der Waals surface area contributed by atoms with Gasteiger partial charge in [0.05, 0.1) is 0 Å². The second-order valence-electron chi connectivity index (χ2n) is 5.11. The molecule has 0 aromatic carbocycles. The van der Waals surface area contributed by atoms with Gasteiger partial charge in [0.1, 0.15) is 0 Å². The highest BCUT2D eigenvalue weighted by atomic mass is 15.2. The van der Waals surface area contributed by atoms with Crippen molar-refractivity contribution in [2.75, 3.05) is 13.1 Å². The first-order chi connectivity index (χ1) is 6.29. The van der Waals surface area contributed by atoms with E-state index < -0.39 is 0 Å². The van der Waals surface area contributed by atoms with Crippen molar-refractivity contribution < 1.29 is 0 Å². The van der Waals surface area contributed by atoms with Crippen LogP contribution in [0.5, 0.6) is 0 Å². The van der Waals surface area contributed by atoms with Crippen molar-refractivity contribution in [2.45, 2.75) is 52.0 Å². The van der Waals surface area contributed by atoms with E-state index in [0.29, 0.717) is 0 Å². The summed E-state index contributed by atoms with van der Waals surface area (Å²) in [7, 11) is 0. The SMILES string of the molecule is CCC(C)N1CC2CCCC(C2)C1. The summed E-state index contributed by atoms with van der Waals surface area (Å²) in [6, 6.07) is 0.823. The lowest BCUT2D eigenvalue weighted by atomic mass is 9.77. The van der Waals surface area contributed by atoms with Crippen molar-refractivity contribution in [3.05, 3.63) is 0 Å². The summed E-state index contributed by atoms with van der Waals surface area (Å²) in [6.45, 7) is 7.49. The Kier molecular flexibility index (Phi) is 2.92. The Hall–Kier alpha value is -0.0400. The minimum Gasteiger partial charge on any atom is -0.300 e.